The Hall–Kier alpha value is -1.69. The van der Waals surface area contributed by atoms with Crippen molar-refractivity contribution in [3.8, 4) is 0 Å². The van der Waals surface area contributed by atoms with Crippen molar-refractivity contribution in [1.82, 2.24) is 10.2 Å². The fourth-order valence-electron chi connectivity index (χ4n) is 2.59. The molecule has 29 heavy (non-hydrogen) atoms. The molecule has 4 nitrogen and oxygen atoms in total. The molecule has 2 aromatic carbocycles. The lowest BCUT2D eigenvalue weighted by atomic mass is 10.1. The number of benzene rings is 2. The molecule has 156 valence electrons. The Balaban J connectivity index is 2.13. The first-order valence-corrected chi connectivity index (χ1v) is 11.3. The van der Waals surface area contributed by atoms with Crippen molar-refractivity contribution in [3.05, 3.63) is 64.1 Å². The van der Waals surface area contributed by atoms with Crippen molar-refractivity contribution >= 4 is 46.8 Å². The summed E-state index contributed by atoms with van der Waals surface area (Å²) in [5.74, 6) is -0.0271. The molecule has 0 radical (unpaired) electrons. The zero-order valence-corrected chi connectivity index (χ0v) is 19.2. The Kier molecular flexibility index (Phi) is 9.34. The van der Waals surface area contributed by atoms with Crippen LogP contribution in [0, 0.1) is 0 Å². The molecule has 0 aliphatic carbocycles. The van der Waals surface area contributed by atoms with Gasteiger partial charge >= 0.3 is 0 Å². The van der Waals surface area contributed by atoms with Gasteiger partial charge in [-0.2, -0.15) is 0 Å². The molecule has 2 atom stereocenters. The molecule has 7 heteroatoms. The number of halogens is 2. The summed E-state index contributed by atoms with van der Waals surface area (Å²) in [4.78, 5) is 28.3. The Labute approximate surface area is 187 Å². The number of rotatable bonds is 9. The maximum atomic E-state index is 13.0. The third-order valence-electron chi connectivity index (χ3n) is 4.61. The molecule has 0 aromatic heterocycles. The molecule has 0 aliphatic heterocycles. The van der Waals surface area contributed by atoms with Crippen LogP contribution in [-0.4, -0.2) is 34.6 Å². The summed E-state index contributed by atoms with van der Waals surface area (Å²) in [5.41, 5.74) is 0.919. The lowest BCUT2D eigenvalue weighted by Crippen LogP contribution is -2.50. The number of amides is 2. The lowest BCUT2D eigenvalue weighted by molar-refractivity contribution is -0.138. The zero-order valence-electron chi connectivity index (χ0n) is 16.8. The first kappa shape index (κ1) is 23.6. The van der Waals surface area contributed by atoms with Crippen LogP contribution >= 0.6 is 35.0 Å². The van der Waals surface area contributed by atoms with E-state index in [4.69, 9.17) is 23.2 Å². The average molecular weight is 453 g/mol. The Morgan fingerprint density at radius 3 is 2.10 bits per heavy atom. The van der Waals surface area contributed by atoms with Crippen LogP contribution in [0.5, 0.6) is 0 Å². The third-order valence-corrected chi connectivity index (χ3v) is 6.11. The fraction of sp³-hybridized carbons (Fsp3) is 0.364. The van der Waals surface area contributed by atoms with Gasteiger partial charge in [0.25, 0.3) is 0 Å². The highest BCUT2D eigenvalue weighted by molar-refractivity contribution is 8.00. The molecule has 0 aliphatic rings. The maximum absolute atomic E-state index is 13.0. The summed E-state index contributed by atoms with van der Waals surface area (Å²) < 4.78 is 0. The molecule has 0 heterocycles. The van der Waals surface area contributed by atoms with Gasteiger partial charge < -0.3 is 10.2 Å². The molecule has 0 spiro atoms. The zero-order chi connectivity index (χ0) is 21.4. The molecule has 0 saturated carbocycles. The second-order valence-corrected chi connectivity index (χ2v) is 8.81. The van der Waals surface area contributed by atoms with Gasteiger partial charge in [-0.05, 0) is 62.2 Å². The van der Waals surface area contributed by atoms with E-state index in [2.05, 4.69) is 5.32 Å². The molecule has 0 unspecified atom stereocenters. The number of hydrogen-bond donors (Lipinski definition) is 1. The molecule has 2 amide bonds. The number of carbonyl (C=O) groups is 2. The van der Waals surface area contributed by atoms with E-state index >= 15 is 0 Å². The predicted molar refractivity (Wildman–Crippen MR) is 122 cm³/mol. The average Bonchev–Trinajstić information content (AvgIpc) is 2.72. The smallest absolute Gasteiger partial charge is 0.242 e. The molecule has 2 rings (SSSR count). The van der Waals surface area contributed by atoms with Crippen LogP contribution in [0.4, 0.5) is 0 Å². The van der Waals surface area contributed by atoms with Gasteiger partial charge in [-0.15, -0.1) is 11.8 Å². The van der Waals surface area contributed by atoms with Crippen LogP contribution in [0.25, 0.3) is 0 Å². The van der Waals surface area contributed by atoms with E-state index in [0.717, 1.165) is 16.9 Å². The van der Waals surface area contributed by atoms with Gasteiger partial charge in [0.05, 0.1) is 5.75 Å². The number of nitrogens with zero attached hydrogens (tertiary/aromatic N) is 1. The van der Waals surface area contributed by atoms with Crippen molar-refractivity contribution < 1.29 is 9.59 Å². The van der Waals surface area contributed by atoms with E-state index in [0.29, 0.717) is 16.6 Å². The predicted octanol–water partition coefficient (Wildman–Crippen LogP) is 5.42. The molecule has 0 saturated heterocycles. The van der Waals surface area contributed by atoms with Gasteiger partial charge in [0, 0.05) is 27.5 Å². The quantitative estimate of drug-likeness (QED) is 0.516. The maximum Gasteiger partial charge on any atom is 0.242 e. The fourth-order valence-corrected chi connectivity index (χ4v) is 3.63. The SMILES string of the molecule is CC[C@@H](C)NC(=O)[C@@H](C)N(Cc1ccc(Cl)cc1)C(=O)CSc1ccc(Cl)cc1. The monoisotopic (exact) mass is 452 g/mol. The van der Waals surface area contributed by atoms with Gasteiger partial charge in [-0.25, -0.2) is 0 Å². The molecular formula is C22H26Cl2N2O2S. The minimum Gasteiger partial charge on any atom is -0.352 e. The first-order valence-electron chi connectivity index (χ1n) is 9.52. The van der Waals surface area contributed by atoms with Crippen molar-refractivity contribution in [1.29, 1.82) is 0 Å². The van der Waals surface area contributed by atoms with Gasteiger partial charge in [-0.1, -0.05) is 42.3 Å². The highest BCUT2D eigenvalue weighted by atomic mass is 35.5. The van der Waals surface area contributed by atoms with E-state index in [-0.39, 0.29) is 23.6 Å². The lowest BCUT2D eigenvalue weighted by Gasteiger charge is -2.29. The summed E-state index contributed by atoms with van der Waals surface area (Å²) in [7, 11) is 0. The summed E-state index contributed by atoms with van der Waals surface area (Å²) >= 11 is 13.3. The van der Waals surface area contributed by atoms with Crippen LogP contribution in [-0.2, 0) is 16.1 Å². The molecular weight excluding hydrogens is 427 g/mol. The summed E-state index contributed by atoms with van der Waals surface area (Å²) in [6.45, 7) is 6.06. The van der Waals surface area contributed by atoms with E-state index in [1.54, 1.807) is 36.1 Å². The largest absolute Gasteiger partial charge is 0.352 e. The van der Waals surface area contributed by atoms with Gasteiger partial charge in [-0.3, -0.25) is 9.59 Å². The first-order chi connectivity index (χ1) is 13.8. The molecule has 2 aromatic rings. The topological polar surface area (TPSA) is 49.4 Å². The van der Waals surface area contributed by atoms with Crippen LogP contribution < -0.4 is 5.32 Å². The van der Waals surface area contributed by atoms with E-state index in [9.17, 15) is 9.59 Å². The standard InChI is InChI=1S/C22H26Cl2N2O2S/c1-4-15(2)25-22(28)16(3)26(13-17-5-7-18(23)8-6-17)21(27)14-29-20-11-9-19(24)10-12-20/h5-12,15-16H,4,13-14H2,1-3H3,(H,25,28)/t15-,16-/m1/s1. The number of hydrogen-bond acceptors (Lipinski definition) is 3. The minimum absolute atomic E-state index is 0.0564. The summed E-state index contributed by atoms with van der Waals surface area (Å²) in [6, 6.07) is 14.1. The number of thioether (sulfide) groups is 1. The van der Waals surface area contributed by atoms with E-state index in [1.165, 1.54) is 11.8 Å². The van der Waals surface area contributed by atoms with Gasteiger partial charge in [0.2, 0.25) is 11.8 Å². The van der Waals surface area contributed by atoms with Crippen molar-refractivity contribution in [2.75, 3.05) is 5.75 Å². The second kappa shape index (κ2) is 11.5. The Morgan fingerprint density at radius 2 is 1.55 bits per heavy atom. The van der Waals surface area contributed by atoms with Crippen molar-refractivity contribution in [2.24, 2.45) is 0 Å². The van der Waals surface area contributed by atoms with Crippen LogP contribution in [0.15, 0.2) is 53.4 Å². The summed E-state index contributed by atoms with van der Waals surface area (Å²) in [5, 5.41) is 4.25. The van der Waals surface area contributed by atoms with Crippen LogP contribution in [0.3, 0.4) is 0 Å². The normalized spacial score (nSPS) is 12.9. The Morgan fingerprint density at radius 1 is 1.00 bits per heavy atom. The van der Waals surface area contributed by atoms with Gasteiger partial charge in [0.1, 0.15) is 6.04 Å². The second-order valence-electron chi connectivity index (χ2n) is 6.88. The number of nitrogens with one attached hydrogen (secondary N) is 1. The number of carbonyl (C=O) groups excluding carboxylic acids is 2. The van der Waals surface area contributed by atoms with E-state index < -0.39 is 6.04 Å². The molecule has 0 fully saturated rings. The highest BCUT2D eigenvalue weighted by Gasteiger charge is 2.26. The Bertz CT molecular complexity index is 813. The highest BCUT2D eigenvalue weighted by Crippen LogP contribution is 2.22. The minimum atomic E-state index is -0.585. The molecule has 0 bridgehead atoms. The van der Waals surface area contributed by atoms with Gasteiger partial charge in [0.15, 0.2) is 0 Å². The van der Waals surface area contributed by atoms with Crippen LogP contribution in [0.2, 0.25) is 10.0 Å². The summed E-state index contributed by atoms with van der Waals surface area (Å²) in [6.07, 6.45) is 0.829. The van der Waals surface area contributed by atoms with Crippen molar-refractivity contribution in [2.45, 2.75) is 50.7 Å². The van der Waals surface area contributed by atoms with Crippen molar-refractivity contribution in [3.63, 3.8) is 0 Å². The molecule has 1 N–H and O–H groups in total. The van der Waals surface area contributed by atoms with E-state index in [1.807, 2.05) is 38.1 Å². The van der Waals surface area contributed by atoms with Crippen LogP contribution in [0.1, 0.15) is 32.8 Å². The third kappa shape index (κ3) is 7.57.